The third-order valence-corrected chi connectivity index (χ3v) is 4.39. The summed E-state index contributed by atoms with van der Waals surface area (Å²) in [5.41, 5.74) is 0.196. The number of amides is 1. The number of benzene rings is 2. The molecule has 0 radical (unpaired) electrons. The Balaban J connectivity index is 1.51. The molecule has 1 heterocycles. The lowest BCUT2D eigenvalue weighted by molar-refractivity contribution is -0.141. The summed E-state index contributed by atoms with van der Waals surface area (Å²) in [6.45, 7) is 2.01. The van der Waals surface area contributed by atoms with E-state index in [9.17, 15) is 13.6 Å². The van der Waals surface area contributed by atoms with Gasteiger partial charge in [-0.15, -0.1) is 0 Å². The summed E-state index contributed by atoms with van der Waals surface area (Å²) in [6, 6.07) is 12.8. The van der Waals surface area contributed by atoms with Gasteiger partial charge in [-0.05, 0) is 37.5 Å². The number of halogens is 2. The first kappa shape index (κ1) is 18.0. The summed E-state index contributed by atoms with van der Waals surface area (Å²) in [4.78, 5) is 17.7. The highest BCUT2D eigenvalue weighted by atomic mass is 19.1. The maximum absolute atomic E-state index is 13.9. The summed E-state index contributed by atoms with van der Waals surface area (Å²) in [5, 5.41) is 6.68. The van der Waals surface area contributed by atoms with Gasteiger partial charge in [0.25, 0.3) is 5.91 Å². The fraction of sp³-hybridized carbons (Fsp3) is 0.300. The van der Waals surface area contributed by atoms with Crippen molar-refractivity contribution in [2.75, 3.05) is 6.54 Å². The highest BCUT2D eigenvalue weighted by Crippen LogP contribution is 2.27. The lowest BCUT2D eigenvalue weighted by atomic mass is 9.95. The van der Waals surface area contributed by atoms with Crippen LogP contribution in [0.5, 0.6) is 0 Å². The van der Waals surface area contributed by atoms with E-state index < -0.39 is 11.4 Å². The van der Waals surface area contributed by atoms with Crippen molar-refractivity contribution < 1.29 is 18.4 Å². The molecule has 0 aliphatic carbocycles. The highest BCUT2D eigenvalue weighted by molar-refractivity contribution is 6.05. The van der Waals surface area contributed by atoms with Gasteiger partial charge in [-0.25, -0.2) is 8.78 Å². The minimum absolute atomic E-state index is 0.188. The van der Waals surface area contributed by atoms with Gasteiger partial charge in [-0.1, -0.05) is 41.6 Å². The topological polar surface area (TPSA) is 50.7 Å². The molecular weight excluding hydrogens is 338 g/mol. The number of rotatable bonds is 6. The van der Waals surface area contributed by atoms with E-state index in [0.717, 1.165) is 0 Å². The number of hydrogen-bond donors (Lipinski definition) is 1. The number of hydrogen-bond acceptors (Lipinski definition) is 3. The Kier molecular flexibility index (Phi) is 5.30. The molecule has 2 aromatic rings. The smallest absolute Gasteiger partial charge is 0.267 e. The molecule has 0 saturated carbocycles. The molecule has 4 nitrogen and oxygen atoms in total. The monoisotopic (exact) mass is 358 g/mol. The van der Waals surface area contributed by atoms with Crippen LogP contribution in [0.25, 0.3) is 0 Å². The van der Waals surface area contributed by atoms with E-state index in [-0.39, 0.29) is 18.1 Å². The van der Waals surface area contributed by atoms with Gasteiger partial charge < -0.3 is 10.2 Å². The largest absolute Gasteiger partial charge is 0.379 e. The molecule has 1 N–H and O–H groups in total. The molecule has 0 spiro atoms. The van der Waals surface area contributed by atoms with Crippen LogP contribution >= 0.6 is 0 Å². The van der Waals surface area contributed by atoms with Crippen molar-refractivity contribution in [1.29, 1.82) is 0 Å². The normalized spacial score (nSPS) is 19.0. The minimum atomic E-state index is -1.17. The first-order chi connectivity index (χ1) is 12.5. The zero-order valence-corrected chi connectivity index (χ0v) is 14.5. The van der Waals surface area contributed by atoms with Crippen LogP contribution in [-0.4, -0.2) is 23.8 Å². The Morgan fingerprint density at radius 3 is 2.58 bits per heavy atom. The molecule has 0 saturated heterocycles. The van der Waals surface area contributed by atoms with Crippen molar-refractivity contribution >= 4 is 11.6 Å². The molecule has 3 rings (SSSR count). The molecule has 6 heteroatoms. The molecule has 0 fully saturated rings. The van der Waals surface area contributed by atoms with Gasteiger partial charge in [0.1, 0.15) is 11.6 Å². The summed E-state index contributed by atoms with van der Waals surface area (Å²) >= 11 is 0. The van der Waals surface area contributed by atoms with E-state index in [2.05, 4.69) is 10.5 Å². The van der Waals surface area contributed by atoms with E-state index in [1.165, 1.54) is 12.1 Å². The van der Waals surface area contributed by atoms with Crippen LogP contribution in [-0.2, 0) is 16.1 Å². The Morgan fingerprint density at radius 1 is 1.15 bits per heavy atom. The molecular formula is C20H20F2N2O2. The van der Waals surface area contributed by atoms with Crippen LogP contribution < -0.4 is 5.32 Å². The Bertz CT molecular complexity index is 838. The number of nitrogens with one attached hydrogen (secondary N) is 1. The van der Waals surface area contributed by atoms with Gasteiger partial charge in [-0.2, -0.15) is 0 Å². The Morgan fingerprint density at radius 2 is 1.85 bits per heavy atom. The van der Waals surface area contributed by atoms with Gasteiger partial charge in [-0.3, -0.25) is 4.79 Å². The zero-order valence-electron chi connectivity index (χ0n) is 14.5. The first-order valence-corrected chi connectivity index (χ1v) is 8.51. The third-order valence-electron chi connectivity index (χ3n) is 4.39. The number of carbonyl (C=O) groups excluding carboxylic acids is 1. The molecule has 0 unspecified atom stereocenters. The molecule has 1 amide bonds. The molecule has 26 heavy (non-hydrogen) atoms. The average molecular weight is 358 g/mol. The second-order valence-corrected chi connectivity index (χ2v) is 6.47. The van der Waals surface area contributed by atoms with Crippen molar-refractivity contribution in [2.24, 2.45) is 5.16 Å². The highest BCUT2D eigenvalue weighted by Gasteiger charge is 2.42. The fourth-order valence-electron chi connectivity index (χ4n) is 2.87. The van der Waals surface area contributed by atoms with Crippen LogP contribution in [0.4, 0.5) is 8.78 Å². The second kappa shape index (κ2) is 7.64. The van der Waals surface area contributed by atoms with Crippen molar-refractivity contribution in [3.63, 3.8) is 0 Å². The molecule has 1 aliphatic rings. The van der Waals surface area contributed by atoms with Crippen molar-refractivity contribution in [2.45, 2.75) is 31.8 Å². The quantitative estimate of drug-likeness (QED) is 0.802. The van der Waals surface area contributed by atoms with Crippen LogP contribution in [0.3, 0.4) is 0 Å². The van der Waals surface area contributed by atoms with E-state index in [1.54, 1.807) is 43.3 Å². The lowest BCUT2D eigenvalue weighted by Gasteiger charge is -2.20. The van der Waals surface area contributed by atoms with Gasteiger partial charge in [0.15, 0.2) is 0 Å². The van der Waals surface area contributed by atoms with Gasteiger partial charge in [0.05, 0.1) is 5.71 Å². The maximum Gasteiger partial charge on any atom is 0.267 e. The molecule has 136 valence electrons. The van der Waals surface area contributed by atoms with Crippen LogP contribution in [0.15, 0.2) is 53.7 Å². The number of oxime groups is 1. The molecule has 1 atom stereocenters. The average Bonchev–Trinajstić information content (AvgIpc) is 3.04. The van der Waals surface area contributed by atoms with Crippen molar-refractivity contribution in [3.8, 4) is 0 Å². The van der Waals surface area contributed by atoms with E-state index in [0.29, 0.717) is 36.2 Å². The summed E-state index contributed by atoms with van der Waals surface area (Å²) in [5.74, 6) is -0.960. The molecule has 0 aromatic heterocycles. The lowest BCUT2D eigenvalue weighted by Crippen LogP contribution is -2.45. The molecule has 1 aliphatic heterocycles. The predicted octanol–water partition coefficient (Wildman–Crippen LogP) is 3.60. The van der Waals surface area contributed by atoms with Crippen LogP contribution in [0, 0.1) is 11.6 Å². The summed E-state index contributed by atoms with van der Waals surface area (Å²) in [6.07, 6.45) is 1.32. The maximum atomic E-state index is 13.9. The van der Waals surface area contributed by atoms with E-state index in [4.69, 9.17) is 4.84 Å². The van der Waals surface area contributed by atoms with E-state index in [1.807, 2.05) is 0 Å². The number of aryl methyl sites for hydroxylation is 1. The number of nitrogens with zero attached hydrogens (tertiary/aromatic N) is 1. The van der Waals surface area contributed by atoms with Gasteiger partial charge >= 0.3 is 0 Å². The summed E-state index contributed by atoms with van der Waals surface area (Å²) in [7, 11) is 0. The Hall–Kier alpha value is -2.76. The van der Waals surface area contributed by atoms with Crippen LogP contribution in [0.2, 0.25) is 0 Å². The SMILES string of the molecule is C[C@@]1(C(=O)NCCCc2ccccc2F)CC(c2ccccc2F)=NO1. The fourth-order valence-corrected chi connectivity index (χ4v) is 2.87. The van der Waals surface area contributed by atoms with Crippen LogP contribution in [0.1, 0.15) is 30.9 Å². The third kappa shape index (κ3) is 3.90. The van der Waals surface area contributed by atoms with Crippen molar-refractivity contribution in [1.82, 2.24) is 5.32 Å². The standard InChI is InChI=1S/C20H20F2N2O2/c1-20(13-18(24-26-20)15-9-3-5-11-17(15)22)19(25)23-12-6-8-14-7-2-4-10-16(14)21/h2-5,7,9-11H,6,8,12-13H2,1H3,(H,23,25)/t20-/m0/s1. The minimum Gasteiger partial charge on any atom is -0.379 e. The molecule has 0 bridgehead atoms. The zero-order chi connectivity index (χ0) is 18.6. The first-order valence-electron chi connectivity index (χ1n) is 8.51. The van der Waals surface area contributed by atoms with Gasteiger partial charge in [0.2, 0.25) is 5.60 Å². The Labute approximate surface area is 150 Å². The van der Waals surface area contributed by atoms with Gasteiger partial charge in [0, 0.05) is 18.5 Å². The number of carbonyl (C=O) groups is 1. The van der Waals surface area contributed by atoms with Crippen molar-refractivity contribution in [3.05, 3.63) is 71.3 Å². The summed E-state index contributed by atoms with van der Waals surface area (Å²) < 4.78 is 27.4. The van der Waals surface area contributed by atoms with E-state index >= 15 is 0 Å². The second-order valence-electron chi connectivity index (χ2n) is 6.47. The molecule has 2 aromatic carbocycles. The predicted molar refractivity (Wildman–Crippen MR) is 94.8 cm³/mol.